The summed E-state index contributed by atoms with van der Waals surface area (Å²) in [5.74, 6) is 0. The van der Waals surface area contributed by atoms with E-state index in [-0.39, 0.29) is 69.2 Å². The van der Waals surface area contributed by atoms with E-state index in [1.54, 1.807) is 0 Å². The van der Waals surface area contributed by atoms with Crippen LogP contribution in [0.4, 0.5) is 0 Å². The van der Waals surface area contributed by atoms with Crippen molar-refractivity contribution in [3.05, 3.63) is 0 Å². The van der Waals surface area contributed by atoms with Gasteiger partial charge >= 0.3 is 0 Å². The van der Waals surface area contributed by atoms with E-state index in [0.717, 1.165) is 0 Å². The molecule has 0 aromatic rings. The molecule has 0 aliphatic carbocycles. The van der Waals surface area contributed by atoms with Gasteiger partial charge in [-0.3, -0.25) is 4.57 Å². The Kier molecular flexibility index (Phi) is 391. The number of rotatable bonds is 0. The maximum Gasteiger partial charge on any atom is 0.261 e. The summed E-state index contributed by atoms with van der Waals surface area (Å²) in [7, 11) is 2.28. The predicted octanol–water partition coefficient (Wildman–Crippen LogP) is 0.354. The Hall–Kier alpha value is 2.22. The molecule has 0 spiro atoms. The van der Waals surface area contributed by atoms with Crippen molar-refractivity contribution in [3.63, 3.8) is 0 Å². The molecule has 0 N–H and O–H groups in total. The smallest absolute Gasteiger partial charge is 0.261 e. The van der Waals surface area contributed by atoms with Gasteiger partial charge in [0.15, 0.2) is 0 Å². The van der Waals surface area contributed by atoms with Crippen molar-refractivity contribution in [2.45, 2.75) is 0 Å². The molecule has 0 atom stereocenters. The Bertz CT molecular complexity index is 15.5. The molecule has 0 amide bonds. The zero-order valence-corrected chi connectivity index (χ0v) is 6.99. The van der Waals surface area contributed by atoms with Gasteiger partial charge in [-0.2, -0.15) is 0 Å². The van der Waals surface area contributed by atoms with Crippen LogP contribution in [0.15, 0.2) is 0 Å². The second kappa shape index (κ2) is 56.8. The molecule has 6 heteroatoms. The van der Waals surface area contributed by atoms with E-state index in [2.05, 4.69) is 9.12 Å². The van der Waals surface area contributed by atoms with Crippen molar-refractivity contribution in [1.29, 1.82) is 0 Å². The van der Waals surface area contributed by atoms with Gasteiger partial charge in [-0.25, -0.2) is 0 Å². The third-order valence-electron chi connectivity index (χ3n) is 0. The van der Waals surface area contributed by atoms with Crippen LogP contribution >= 0.6 is 9.12 Å². The fraction of sp³-hybridized carbons (Fsp3) is 0. The van der Waals surface area contributed by atoms with Crippen molar-refractivity contribution < 1.29 is 54.9 Å². The van der Waals surface area contributed by atoms with Gasteiger partial charge in [0.2, 0.25) is 0 Å². The monoisotopic (exact) mass is 226 g/mol. The van der Waals surface area contributed by atoms with Crippen LogP contribution in [0, 0.1) is 0 Å². The largest absolute Gasteiger partial charge is 0.261 e. The third kappa shape index (κ3) is 34.4. The molecule has 4 radical (unpaired) electrons. The van der Waals surface area contributed by atoms with Crippen LogP contribution in [-0.2, 0) is 54.9 Å². The minimum absolute atomic E-state index is 0. The second-order valence-corrected chi connectivity index (χ2v) is 0. The molecule has 38 valence electrons. The molecule has 0 heterocycles. The summed E-state index contributed by atoms with van der Waals surface area (Å²) < 4.78 is 7.94. The molecule has 0 unspecified atom stereocenters. The predicted molar refractivity (Wildman–Crippen MR) is 13.4 cm³/mol. The maximum atomic E-state index is 7.94. The number of hydrogen-bond donors (Lipinski definition) is 0. The van der Waals surface area contributed by atoms with Gasteiger partial charge in [0.1, 0.15) is 0 Å². The fourth-order valence-corrected chi connectivity index (χ4v) is 0. The quantitative estimate of drug-likeness (QED) is 0.430. The van der Waals surface area contributed by atoms with Crippen molar-refractivity contribution >= 4 is 28.0 Å². The molecule has 0 bridgehead atoms. The standard InChI is InChI=1S/Co.Li.Mn.Ni.OP/c;;;;1-2. The first-order valence-electron chi connectivity index (χ1n) is 0.183. The van der Waals surface area contributed by atoms with E-state index in [4.69, 9.17) is 4.57 Å². The average Bonchev–Trinajstić information content (AvgIpc) is 1.00. The summed E-state index contributed by atoms with van der Waals surface area (Å²) in [6.07, 6.45) is 0. The summed E-state index contributed by atoms with van der Waals surface area (Å²) in [4.78, 5) is 0. The molecule has 0 aromatic heterocycles. The van der Waals surface area contributed by atoms with Gasteiger partial charge in [0.05, 0.1) is 0 Å². The molecule has 6 heavy (non-hydrogen) atoms. The normalized spacial score (nSPS) is 0.667. The zero-order chi connectivity index (χ0) is 2.00. The Balaban J connectivity index is -0.000000000833. The summed E-state index contributed by atoms with van der Waals surface area (Å²) >= 11 is 0. The molecule has 0 saturated heterocycles. The first-order chi connectivity index (χ1) is 1.00. The molecule has 0 rings (SSSR count). The van der Waals surface area contributed by atoms with Crippen LogP contribution < -0.4 is 0 Å². The zero-order valence-electron chi connectivity index (χ0n) is 2.88. The molecule has 0 aliphatic heterocycles. The topological polar surface area (TPSA) is 17.1 Å². The van der Waals surface area contributed by atoms with Crippen LogP contribution in [0.25, 0.3) is 0 Å². The Labute approximate surface area is 82.2 Å². The molecule has 0 aromatic carbocycles. The van der Waals surface area contributed by atoms with E-state index >= 15 is 0 Å². The average molecular weight is 226 g/mol. The van der Waals surface area contributed by atoms with E-state index < -0.39 is 0 Å². The Morgan fingerprint density at radius 3 is 1.17 bits per heavy atom. The van der Waals surface area contributed by atoms with Crippen molar-refractivity contribution in [3.8, 4) is 0 Å². The van der Waals surface area contributed by atoms with Gasteiger partial charge in [0, 0.05) is 69.2 Å². The summed E-state index contributed by atoms with van der Waals surface area (Å²) in [6, 6.07) is 0. The summed E-state index contributed by atoms with van der Waals surface area (Å²) in [5, 5.41) is 0. The molecule has 0 fully saturated rings. The Morgan fingerprint density at radius 2 is 1.17 bits per heavy atom. The van der Waals surface area contributed by atoms with Crippen molar-refractivity contribution in [2.24, 2.45) is 0 Å². The first-order valence-corrected chi connectivity index (χ1v) is 0.548. The van der Waals surface area contributed by atoms with Crippen molar-refractivity contribution in [1.82, 2.24) is 0 Å². The van der Waals surface area contributed by atoms with Crippen LogP contribution in [0.1, 0.15) is 0 Å². The first kappa shape index (κ1) is 41.4. The van der Waals surface area contributed by atoms with Gasteiger partial charge in [0.25, 0.3) is 9.12 Å². The fourth-order valence-electron chi connectivity index (χ4n) is 0. The van der Waals surface area contributed by atoms with Crippen LogP contribution in [0.5, 0.6) is 0 Å². The van der Waals surface area contributed by atoms with Gasteiger partial charge in [-0.15, -0.1) is 0 Å². The van der Waals surface area contributed by atoms with Gasteiger partial charge < -0.3 is 0 Å². The maximum absolute atomic E-state index is 7.94. The molecular formula is CoLiMnNiOP. The number of hydrogen-bond acceptors (Lipinski definition) is 1. The second-order valence-electron chi connectivity index (χ2n) is 0. The van der Waals surface area contributed by atoms with Crippen molar-refractivity contribution in [2.75, 3.05) is 0 Å². The van der Waals surface area contributed by atoms with Gasteiger partial charge in [-0.1, -0.05) is 0 Å². The molecule has 0 saturated carbocycles. The van der Waals surface area contributed by atoms with Crippen LogP contribution in [0.3, 0.4) is 0 Å². The van der Waals surface area contributed by atoms with E-state index in [1.807, 2.05) is 0 Å². The minimum atomic E-state index is 0. The minimum Gasteiger partial charge on any atom is -0.261 e. The molecular weight excluding hydrogens is 226 g/mol. The van der Waals surface area contributed by atoms with Crippen LogP contribution in [0.2, 0.25) is 0 Å². The van der Waals surface area contributed by atoms with E-state index in [1.165, 1.54) is 0 Å². The summed E-state index contributed by atoms with van der Waals surface area (Å²) in [6.45, 7) is 0. The summed E-state index contributed by atoms with van der Waals surface area (Å²) in [5.41, 5.74) is 0. The Morgan fingerprint density at radius 1 is 1.17 bits per heavy atom. The van der Waals surface area contributed by atoms with E-state index in [9.17, 15) is 0 Å². The molecule has 1 nitrogen and oxygen atoms in total. The SMILES string of the molecule is O=[P].[Co].[Li].[Mn].[Ni]. The molecule has 0 aliphatic rings. The van der Waals surface area contributed by atoms with E-state index in [0.29, 0.717) is 0 Å². The van der Waals surface area contributed by atoms with Gasteiger partial charge in [-0.05, 0) is 0 Å². The third-order valence-corrected chi connectivity index (χ3v) is 0. The van der Waals surface area contributed by atoms with Crippen LogP contribution in [-0.4, -0.2) is 18.9 Å².